The van der Waals surface area contributed by atoms with E-state index >= 15 is 0 Å². The Hall–Kier alpha value is -1.37. The molecule has 0 amide bonds. The number of halogens is 1. The first-order valence-electron chi connectivity index (χ1n) is 3.10. The van der Waals surface area contributed by atoms with Crippen molar-refractivity contribution in [1.82, 2.24) is 15.0 Å². The van der Waals surface area contributed by atoms with Crippen LogP contribution in [0.25, 0.3) is 11.2 Å². The van der Waals surface area contributed by atoms with E-state index in [1.54, 1.807) is 0 Å². The van der Waals surface area contributed by atoms with Crippen molar-refractivity contribution >= 4 is 27.1 Å². The second-order valence-electron chi connectivity index (χ2n) is 2.22. The number of imidazole rings is 1. The molecule has 4 N–H and O–H groups in total. The van der Waals surface area contributed by atoms with Crippen LogP contribution in [0.15, 0.2) is 14.3 Å². The Morgan fingerprint density at radius 1 is 1.17 bits per heavy atom. The molecular formula is C5H4BrN4O2+. The molecule has 62 valence electrons. The Morgan fingerprint density at radius 3 is 2.67 bits per heavy atom. The normalized spacial score (nSPS) is 10.8. The third-order valence-corrected chi connectivity index (χ3v) is 1.81. The minimum absolute atomic E-state index is 0.307. The molecule has 0 saturated heterocycles. The number of aromatic amines is 4. The van der Waals surface area contributed by atoms with Gasteiger partial charge in [-0.1, -0.05) is 0 Å². The predicted molar refractivity (Wildman–Crippen MR) is 43.8 cm³/mol. The van der Waals surface area contributed by atoms with Gasteiger partial charge >= 0.3 is 5.69 Å². The number of rotatable bonds is 0. The van der Waals surface area contributed by atoms with Crippen LogP contribution in [-0.4, -0.2) is 15.0 Å². The number of nitrogens with one attached hydrogen (secondary N) is 4. The topological polar surface area (TPSA) is 95.7 Å². The van der Waals surface area contributed by atoms with E-state index in [9.17, 15) is 9.59 Å². The molecule has 0 aliphatic carbocycles. The lowest BCUT2D eigenvalue weighted by Gasteiger charge is -1.77. The van der Waals surface area contributed by atoms with Crippen LogP contribution < -0.4 is 16.2 Å². The molecule has 0 bridgehead atoms. The zero-order valence-electron chi connectivity index (χ0n) is 5.69. The summed E-state index contributed by atoms with van der Waals surface area (Å²) >= 11 is 3.10. The molecule has 2 heterocycles. The van der Waals surface area contributed by atoms with Gasteiger partial charge in [-0.05, 0) is 0 Å². The fraction of sp³-hybridized carbons (Fsp3) is 0. The van der Waals surface area contributed by atoms with Crippen LogP contribution in [0.2, 0.25) is 0 Å². The van der Waals surface area contributed by atoms with Crippen molar-refractivity contribution in [2.45, 2.75) is 0 Å². The maximum absolute atomic E-state index is 11.1. The van der Waals surface area contributed by atoms with Gasteiger partial charge in [0.1, 0.15) is 0 Å². The molecule has 0 fully saturated rings. The van der Waals surface area contributed by atoms with Gasteiger partial charge < -0.3 is 0 Å². The van der Waals surface area contributed by atoms with E-state index in [-0.39, 0.29) is 0 Å². The van der Waals surface area contributed by atoms with Crippen LogP contribution >= 0.6 is 15.9 Å². The molecule has 0 spiro atoms. The molecule has 0 aromatic carbocycles. The lowest BCUT2D eigenvalue weighted by Crippen LogP contribution is -2.23. The first kappa shape index (κ1) is 7.29. The molecule has 0 aliphatic rings. The standard InChI is InChI=1S/C5H3BrN4O2/c6-4-7-1-2(8-4)9-5(12)10-3(1)11/h(H3,7,8,9,10,11,12)/p+1. The maximum atomic E-state index is 11.1. The van der Waals surface area contributed by atoms with Gasteiger partial charge in [0.15, 0.2) is 0 Å². The number of H-pyrrole nitrogens is 4. The summed E-state index contributed by atoms with van der Waals surface area (Å²) in [6.07, 6.45) is 0. The van der Waals surface area contributed by atoms with Gasteiger partial charge in [-0.2, -0.15) is 0 Å². The zero-order chi connectivity index (χ0) is 8.72. The second kappa shape index (κ2) is 2.31. The molecule has 0 saturated carbocycles. The Morgan fingerprint density at radius 2 is 1.92 bits per heavy atom. The molecular weight excluding hydrogens is 228 g/mol. The predicted octanol–water partition coefficient (Wildman–Crippen LogP) is -0.879. The molecule has 0 aliphatic heterocycles. The average molecular weight is 232 g/mol. The molecule has 0 atom stereocenters. The van der Waals surface area contributed by atoms with Crippen molar-refractivity contribution in [3.8, 4) is 0 Å². The van der Waals surface area contributed by atoms with Crippen LogP contribution in [0.3, 0.4) is 0 Å². The second-order valence-corrected chi connectivity index (χ2v) is 3.02. The summed E-state index contributed by atoms with van der Waals surface area (Å²) < 4.78 is 0.532. The summed E-state index contributed by atoms with van der Waals surface area (Å²) in [4.78, 5) is 31.8. The third-order valence-electron chi connectivity index (χ3n) is 1.41. The highest BCUT2D eigenvalue weighted by atomic mass is 79.9. The summed E-state index contributed by atoms with van der Waals surface area (Å²) in [6.45, 7) is 0. The van der Waals surface area contributed by atoms with E-state index in [0.717, 1.165) is 0 Å². The van der Waals surface area contributed by atoms with Crippen LogP contribution in [0.5, 0.6) is 0 Å². The van der Waals surface area contributed by atoms with E-state index in [2.05, 4.69) is 35.9 Å². The van der Waals surface area contributed by atoms with E-state index in [1.165, 1.54) is 0 Å². The Bertz CT molecular complexity index is 536. The van der Waals surface area contributed by atoms with Gasteiger partial charge in [0, 0.05) is 15.9 Å². The van der Waals surface area contributed by atoms with Gasteiger partial charge in [-0.15, -0.1) is 0 Å². The smallest absolute Gasteiger partial charge is 0.265 e. The monoisotopic (exact) mass is 231 g/mol. The zero-order valence-corrected chi connectivity index (χ0v) is 7.28. The van der Waals surface area contributed by atoms with Crippen molar-refractivity contribution in [3.05, 3.63) is 25.6 Å². The number of hydrogen-bond donors (Lipinski definition) is 3. The van der Waals surface area contributed by atoms with Crippen molar-refractivity contribution in [2.24, 2.45) is 0 Å². The molecule has 6 nitrogen and oxygen atoms in total. The molecule has 2 rings (SSSR count). The van der Waals surface area contributed by atoms with E-state index in [1.807, 2.05) is 0 Å². The minimum atomic E-state index is -0.532. The van der Waals surface area contributed by atoms with Gasteiger partial charge in [0.25, 0.3) is 15.9 Å². The highest BCUT2D eigenvalue weighted by Crippen LogP contribution is 2.00. The van der Waals surface area contributed by atoms with E-state index in [0.29, 0.717) is 15.9 Å². The fourth-order valence-electron chi connectivity index (χ4n) is 0.950. The lowest BCUT2D eigenvalue weighted by atomic mass is 10.5. The highest BCUT2D eigenvalue weighted by molar-refractivity contribution is 9.10. The number of hydrogen-bond acceptors (Lipinski definition) is 2. The lowest BCUT2D eigenvalue weighted by molar-refractivity contribution is -0.362. The van der Waals surface area contributed by atoms with Crippen molar-refractivity contribution in [2.75, 3.05) is 0 Å². The SMILES string of the molecule is O=c1[nH]c(=O)c2[nH]c(Br)[nH+]c2[nH]1. The highest BCUT2D eigenvalue weighted by Gasteiger charge is 2.10. The average Bonchev–Trinajstić information content (AvgIpc) is 2.29. The van der Waals surface area contributed by atoms with Gasteiger partial charge in [-0.3, -0.25) is 14.8 Å². The van der Waals surface area contributed by atoms with Gasteiger partial charge in [0.05, 0.1) is 0 Å². The number of fused-ring (bicyclic) bond motifs is 1. The molecule has 7 heteroatoms. The number of aromatic nitrogens is 4. The molecule has 0 unspecified atom stereocenters. The van der Waals surface area contributed by atoms with Crippen molar-refractivity contribution < 1.29 is 4.98 Å². The quantitative estimate of drug-likeness (QED) is 0.514. The van der Waals surface area contributed by atoms with Crippen LogP contribution in [0, 0.1) is 0 Å². The summed E-state index contributed by atoms with van der Waals surface area (Å²) in [5.74, 6) is 0. The Balaban J connectivity index is 3.08. The van der Waals surface area contributed by atoms with Crippen LogP contribution in [-0.2, 0) is 0 Å². The molecule has 2 aromatic rings. The molecule has 0 radical (unpaired) electrons. The van der Waals surface area contributed by atoms with Crippen LogP contribution in [0.4, 0.5) is 0 Å². The first-order chi connectivity index (χ1) is 5.66. The Labute approximate surface area is 73.2 Å². The summed E-state index contributed by atoms with van der Waals surface area (Å²) in [6, 6.07) is 0. The van der Waals surface area contributed by atoms with Gasteiger partial charge in [-0.25, -0.2) is 14.8 Å². The first-order valence-corrected chi connectivity index (χ1v) is 3.89. The maximum Gasteiger partial charge on any atom is 0.384 e. The summed E-state index contributed by atoms with van der Waals surface area (Å²) in [7, 11) is 0. The summed E-state index contributed by atoms with van der Waals surface area (Å²) in [5.41, 5.74) is -0.303. The van der Waals surface area contributed by atoms with E-state index in [4.69, 9.17) is 0 Å². The van der Waals surface area contributed by atoms with E-state index < -0.39 is 11.2 Å². The molecule has 12 heavy (non-hydrogen) atoms. The van der Waals surface area contributed by atoms with Crippen molar-refractivity contribution in [1.29, 1.82) is 0 Å². The molecule has 2 aromatic heterocycles. The fourth-order valence-corrected chi connectivity index (χ4v) is 1.35. The van der Waals surface area contributed by atoms with Crippen molar-refractivity contribution in [3.63, 3.8) is 0 Å². The van der Waals surface area contributed by atoms with Crippen LogP contribution in [0.1, 0.15) is 0 Å². The minimum Gasteiger partial charge on any atom is -0.265 e. The largest absolute Gasteiger partial charge is 0.384 e. The Kier molecular flexibility index (Phi) is 1.40. The summed E-state index contributed by atoms with van der Waals surface area (Å²) in [5, 5.41) is 0. The van der Waals surface area contributed by atoms with Gasteiger partial charge in [0.2, 0.25) is 5.52 Å². The third kappa shape index (κ3) is 0.981.